The molecule has 0 amide bonds. The lowest BCUT2D eigenvalue weighted by Crippen LogP contribution is -2.12. The van der Waals surface area contributed by atoms with Crippen molar-refractivity contribution in [2.45, 2.75) is 4.90 Å². The Balaban J connectivity index is 2.15. The van der Waals surface area contributed by atoms with Gasteiger partial charge in [0.1, 0.15) is 17.2 Å². The van der Waals surface area contributed by atoms with Crippen molar-refractivity contribution in [3.8, 4) is 17.2 Å². The van der Waals surface area contributed by atoms with Gasteiger partial charge in [-0.15, -0.1) is 11.8 Å². The van der Waals surface area contributed by atoms with E-state index >= 15 is 0 Å². The largest absolute Gasteiger partial charge is 0.481 e. The van der Waals surface area contributed by atoms with Crippen LogP contribution in [0, 0.1) is 0 Å². The lowest BCUT2D eigenvalue weighted by atomic mass is 10.3. The quantitative estimate of drug-likeness (QED) is 0.542. The number of thioether (sulfide) groups is 1. The summed E-state index contributed by atoms with van der Waals surface area (Å²) >= 11 is 4.91. The summed E-state index contributed by atoms with van der Waals surface area (Å²) in [5.41, 5.74) is 0. The zero-order chi connectivity index (χ0) is 15.9. The summed E-state index contributed by atoms with van der Waals surface area (Å²) in [4.78, 5) is 12.1. The van der Waals surface area contributed by atoms with Crippen LogP contribution in [0.15, 0.2) is 51.8 Å². The molecule has 0 atom stereocenters. The third-order valence-corrected chi connectivity index (χ3v) is 4.06. The second kappa shape index (κ2) is 8.10. The summed E-state index contributed by atoms with van der Waals surface area (Å²) in [6, 6.07) is 13.0. The molecule has 0 saturated heterocycles. The average molecular weight is 383 g/mol. The molecule has 0 saturated carbocycles. The van der Waals surface area contributed by atoms with Gasteiger partial charge in [-0.3, -0.25) is 0 Å². The van der Waals surface area contributed by atoms with Crippen LogP contribution in [-0.2, 0) is 9.53 Å². The standard InChI is InChI=1S/C16H15BrO4S/c1-19-16(18)10-20-14-9-13(7-8-15(14)22-2)21-12-5-3-11(17)4-6-12/h3-9H,10H2,1-2H3. The van der Waals surface area contributed by atoms with E-state index < -0.39 is 5.97 Å². The van der Waals surface area contributed by atoms with E-state index in [1.807, 2.05) is 42.7 Å². The highest BCUT2D eigenvalue weighted by molar-refractivity contribution is 9.10. The van der Waals surface area contributed by atoms with Crippen molar-refractivity contribution in [2.24, 2.45) is 0 Å². The molecule has 0 N–H and O–H groups in total. The van der Waals surface area contributed by atoms with Gasteiger partial charge in [-0.2, -0.15) is 0 Å². The molecule has 2 aromatic carbocycles. The molecule has 0 radical (unpaired) electrons. The zero-order valence-electron chi connectivity index (χ0n) is 12.2. The van der Waals surface area contributed by atoms with E-state index in [1.165, 1.54) is 18.9 Å². The Bertz CT molecular complexity index is 643. The van der Waals surface area contributed by atoms with Gasteiger partial charge >= 0.3 is 5.97 Å². The van der Waals surface area contributed by atoms with Crippen LogP contribution in [-0.4, -0.2) is 25.9 Å². The molecule has 6 heteroatoms. The maximum absolute atomic E-state index is 11.2. The van der Waals surface area contributed by atoms with Crippen molar-refractivity contribution in [3.05, 3.63) is 46.9 Å². The van der Waals surface area contributed by atoms with Crippen LogP contribution in [0.25, 0.3) is 0 Å². The molecule has 0 aliphatic rings. The Morgan fingerprint density at radius 1 is 1.14 bits per heavy atom. The minimum Gasteiger partial charge on any atom is -0.481 e. The molecule has 4 nitrogen and oxygen atoms in total. The van der Waals surface area contributed by atoms with Gasteiger partial charge < -0.3 is 14.2 Å². The van der Waals surface area contributed by atoms with E-state index in [4.69, 9.17) is 9.47 Å². The fourth-order valence-corrected chi connectivity index (χ4v) is 2.46. The Hall–Kier alpha value is -1.66. The van der Waals surface area contributed by atoms with Crippen LogP contribution >= 0.6 is 27.7 Å². The molecule has 0 heterocycles. The normalized spacial score (nSPS) is 10.1. The van der Waals surface area contributed by atoms with E-state index in [9.17, 15) is 4.79 Å². The van der Waals surface area contributed by atoms with Gasteiger partial charge in [-0.1, -0.05) is 15.9 Å². The predicted molar refractivity (Wildman–Crippen MR) is 90.0 cm³/mol. The number of hydrogen-bond donors (Lipinski definition) is 0. The summed E-state index contributed by atoms with van der Waals surface area (Å²) in [5, 5.41) is 0. The van der Waals surface area contributed by atoms with Crippen LogP contribution < -0.4 is 9.47 Å². The van der Waals surface area contributed by atoms with E-state index in [1.54, 1.807) is 6.07 Å². The maximum Gasteiger partial charge on any atom is 0.343 e. The Kier molecular flexibility index (Phi) is 6.15. The van der Waals surface area contributed by atoms with Gasteiger partial charge in [0.05, 0.1) is 7.11 Å². The second-order valence-electron chi connectivity index (χ2n) is 4.23. The monoisotopic (exact) mass is 382 g/mol. The smallest absolute Gasteiger partial charge is 0.343 e. The number of esters is 1. The first-order valence-electron chi connectivity index (χ1n) is 6.43. The summed E-state index contributed by atoms with van der Waals surface area (Å²) in [7, 11) is 1.33. The molecular weight excluding hydrogens is 368 g/mol. The molecule has 0 aromatic heterocycles. The molecule has 116 valence electrons. The Morgan fingerprint density at radius 2 is 1.82 bits per heavy atom. The van der Waals surface area contributed by atoms with E-state index in [2.05, 4.69) is 20.7 Å². The van der Waals surface area contributed by atoms with E-state index in [-0.39, 0.29) is 6.61 Å². The number of halogens is 1. The highest BCUT2D eigenvalue weighted by Gasteiger charge is 2.09. The van der Waals surface area contributed by atoms with Crippen molar-refractivity contribution in [1.29, 1.82) is 0 Å². The van der Waals surface area contributed by atoms with Crippen molar-refractivity contribution in [2.75, 3.05) is 20.0 Å². The van der Waals surface area contributed by atoms with Crippen molar-refractivity contribution in [3.63, 3.8) is 0 Å². The summed E-state index contributed by atoms with van der Waals surface area (Å²) < 4.78 is 16.8. The molecule has 2 aromatic rings. The molecule has 0 spiro atoms. The number of benzene rings is 2. The Morgan fingerprint density at radius 3 is 2.45 bits per heavy atom. The van der Waals surface area contributed by atoms with Gasteiger partial charge in [0, 0.05) is 15.4 Å². The third kappa shape index (κ3) is 4.68. The van der Waals surface area contributed by atoms with Crippen molar-refractivity contribution < 1.29 is 19.0 Å². The SMILES string of the molecule is COC(=O)COc1cc(Oc2ccc(Br)cc2)ccc1SC. The van der Waals surface area contributed by atoms with Gasteiger partial charge in [0.15, 0.2) is 6.61 Å². The molecule has 2 rings (SSSR count). The number of methoxy groups -OCH3 is 1. The topological polar surface area (TPSA) is 44.8 Å². The van der Waals surface area contributed by atoms with Gasteiger partial charge in [0.25, 0.3) is 0 Å². The molecule has 0 aliphatic carbocycles. The summed E-state index contributed by atoms with van der Waals surface area (Å²) in [6.07, 6.45) is 1.94. The fourth-order valence-electron chi connectivity index (χ4n) is 1.67. The lowest BCUT2D eigenvalue weighted by molar-refractivity contribution is -0.142. The molecule has 0 bridgehead atoms. The van der Waals surface area contributed by atoms with Crippen LogP contribution in [0.2, 0.25) is 0 Å². The predicted octanol–water partition coefficient (Wildman–Crippen LogP) is 4.52. The summed E-state index contributed by atoms with van der Waals surface area (Å²) in [5.74, 6) is 1.53. The van der Waals surface area contributed by atoms with Crippen LogP contribution in [0.1, 0.15) is 0 Å². The molecule has 22 heavy (non-hydrogen) atoms. The minimum atomic E-state index is -0.425. The zero-order valence-corrected chi connectivity index (χ0v) is 14.6. The van der Waals surface area contributed by atoms with Crippen LogP contribution in [0.4, 0.5) is 0 Å². The van der Waals surface area contributed by atoms with Gasteiger partial charge in [-0.25, -0.2) is 4.79 Å². The first-order valence-corrected chi connectivity index (χ1v) is 8.45. The summed E-state index contributed by atoms with van der Waals surface area (Å²) in [6.45, 7) is -0.133. The molecule has 0 unspecified atom stereocenters. The van der Waals surface area contributed by atoms with E-state index in [0.29, 0.717) is 11.5 Å². The number of hydrogen-bond acceptors (Lipinski definition) is 5. The number of carbonyl (C=O) groups excluding carboxylic acids is 1. The number of rotatable bonds is 6. The second-order valence-corrected chi connectivity index (χ2v) is 6.00. The average Bonchev–Trinajstić information content (AvgIpc) is 2.55. The first kappa shape index (κ1) is 16.7. The van der Waals surface area contributed by atoms with Crippen molar-refractivity contribution >= 4 is 33.7 Å². The first-order chi connectivity index (χ1) is 10.6. The van der Waals surface area contributed by atoms with Crippen LogP contribution in [0.5, 0.6) is 17.2 Å². The Labute approximate surface area is 141 Å². The molecule has 0 aliphatic heterocycles. The fraction of sp³-hybridized carbons (Fsp3) is 0.188. The highest BCUT2D eigenvalue weighted by Crippen LogP contribution is 2.33. The van der Waals surface area contributed by atoms with Crippen molar-refractivity contribution in [1.82, 2.24) is 0 Å². The molecular formula is C16H15BrO4S. The van der Waals surface area contributed by atoms with Gasteiger partial charge in [-0.05, 0) is 42.7 Å². The van der Waals surface area contributed by atoms with Crippen LogP contribution in [0.3, 0.4) is 0 Å². The van der Waals surface area contributed by atoms with E-state index in [0.717, 1.165) is 15.1 Å². The maximum atomic E-state index is 11.2. The minimum absolute atomic E-state index is 0.133. The number of carbonyl (C=O) groups is 1. The lowest BCUT2D eigenvalue weighted by Gasteiger charge is -2.12. The highest BCUT2D eigenvalue weighted by atomic mass is 79.9. The number of ether oxygens (including phenoxy) is 3. The van der Waals surface area contributed by atoms with Gasteiger partial charge in [0.2, 0.25) is 0 Å². The molecule has 0 fully saturated rings. The third-order valence-electron chi connectivity index (χ3n) is 2.76.